The highest BCUT2D eigenvalue weighted by Crippen LogP contribution is 2.42. The van der Waals surface area contributed by atoms with Crippen LogP contribution in [0.3, 0.4) is 0 Å². The Labute approximate surface area is 153 Å². The van der Waals surface area contributed by atoms with E-state index < -0.39 is 14.1 Å². The first-order chi connectivity index (χ1) is 11.9. The largest absolute Gasteiger partial charge is 0.380 e. The molecule has 0 saturated heterocycles. The monoisotopic (exact) mass is 354 g/mol. The van der Waals surface area contributed by atoms with Gasteiger partial charge in [-0.25, -0.2) is 0 Å². The lowest BCUT2D eigenvalue weighted by atomic mass is 9.95. The molecule has 0 heterocycles. The Morgan fingerprint density at radius 2 is 1.24 bits per heavy atom. The molecule has 2 aromatic rings. The van der Waals surface area contributed by atoms with Gasteiger partial charge in [0.25, 0.3) is 8.32 Å². The SMILES string of the molecule is CC(C)(C)[Si](OC1(O)CCCCC1)(c1ccccc1)c1ccccc1. The minimum atomic E-state index is -2.66. The summed E-state index contributed by atoms with van der Waals surface area (Å²) in [4.78, 5) is 0. The fourth-order valence-corrected chi connectivity index (χ4v) is 8.85. The molecule has 2 nitrogen and oxygen atoms in total. The predicted octanol–water partition coefficient (Wildman–Crippen LogP) is 4.22. The van der Waals surface area contributed by atoms with Crippen molar-refractivity contribution in [2.24, 2.45) is 0 Å². The van der Waals surface area contributed by atoms with E-state index in [2.05, 4.69) is 69.3 Å². The Bertz CT molecular complexity index is 631. The number of benzene rings is 2. The van der Waals surface area contributed by atoms with E-state index in [1.165, 1.54) is 16.8 Å². The van der Waals surface area contributed by atoms with E-state index in [0.29, 0.717) is 0 Å². The third-order valence-electron chi connectivity index (χ3n) is 5.39. The molecular weight excluding hydrogens is 324 g/mol. The zero-order valence-electron chi connectivity index (χ0n) is 15.7. The lowest BCUT2D eigenvalue weighted by molar-refractivity contribution is -0.165. The topological polar surface area (TPSA) is 29.5 Å². The van der Waals surface area contributed by atoms with Crippen molar-refractivity contribution in [3.8, 4) is 0 Å². The molecule has 0 aliphatic heterocycles. The molecular formula is C22H30O2Si. The van der Waals surface area contributed by atoms with E-state index in [1.54, 1.807) is 0 Å². The van der Waals surface area contributed by atoms with Crippen molar-refractivity contribution < 1.29 is 9.53 Å². The zero-order chi connectivity index (χ0) is 18.0. The van der Waals surface area contributed by atoms with Crippen LogP contribution < -0.4 is 10.4 Å². The molecule has 0 unspecified atom stereocenters. The second-order valence-corrected chi connectivity index (χ2v) is 12.5. The minimum absolute atomic E-state index is 0.0944. The van der Waals surface area contributed by atoms with Gasteiger partial charge in [-0.3, -0.25) is 0 Å². The van der Waals surface area contributed by atoms with Crippen LogP contribution in [0.15, 0.2) is 60.7 Å². The molecule has 1 fully saturated rings. The molecule has 1 aliphatic carbocycles. The fourth-order valence-electron chi connectivity index (χ4n) is 4.14. The molecule has 0 aromatic heterocycles. The van der Waals surface area contributed by atoms with Gasteiger partial charge in [-0.1, -0.05) is 87.9 Å². The van der Waals surface area contributed by atoms with Crippen molar-refractivity contribution in [1.29, 1.82) is 0 Å². The van der Waals surface area contributed by atoms with Crippen LogP contribution in [0, 0.1) is 0 Å². The molecule has 0 atom stereocenters. The van der Waals surface area contributed by atoms with Crippen LogP contribution in [0.4, 0.5) is 0 Å². The summed E-state index contributed by atoms with van der Waals surface area (Å²) < 4.78 is 6.90. The standard InChI is InChI=1S/C22H30O2Si/c1-21(2,3)25(19-13-7-4-8-14-19,20-15-9-5-10-16-20)24-22(23)17-11-6-12-18-22/h4-5,7-10,13-16,23H,6,11-12,17-18H2,1-3H3. The maximum absolute atomic E-state index is 11.3. The molecule has 25 heavy (non-hydrogen) atoms. The third kappa shape index (κ3) is 3.59. The minimum Gasteiger partial charge on any atom is -0.380 e. The van der Waals surface area contributed by atoms with Crippen molar-refractivity contribution in [2.75, 3.05) is 0 Å². The summed E-state index contributed by atoms with van der Waals surface area (Å²) in [7, 11) is -2.66. The Morgan fingerprint density at radius 3 is 1.64 bits per heavy atom. The predicted molar refractivity (Wildman–Crippen MR) is 107 cm³/mol. The van der Waals surface area contributed by atoms with Crippen LogP contribution in [0.5, 0.6) is 0 Å². The van der Waals surface area contributed by atoms with E-state index in [9.17, 15) is 5.11 Å². The van der Waals surface area contributed by atoms with Gasteiger partial charge in [-0.05, 0) is 28.3 Å². The van der Waals surface area contributed by atoms with Gasteiger partial charge in [0, 0.05) is 12.8 Å². The fraction of sp³-hybridized carbons (Fsp3) is 0.455. The number of hydrogen-bond donors (Lipinski definition) is 1. The molecule has 134 valence electrons. The second-order valence-electron chi connectivity index (χ2n) is 8.27. The highest BCUT2D eigenvalue weighted by molar-refractivity contribution is 6.99. The lowest BCUT2D eigenvalue weighted by Crippen LogP contribution is -2.69. The molecule has 1 aliphatic rings. The smallest absolute Gasteiger partial charge is 0.264 e. The van der Waals surface area contributed by atoms with Gasteiger partial charge in [0.15, 0.2) is 5.79 Å². The molecule has 0 amide bonds. The van der Waals surface area contributed by atoms with E-state index >= 15 is 0 Å². The zero-order valence-corrected chi connectivity index (χ0v) is 16.7. The van der Waals surface area contributed by atoms with Gasteiger partial charge in [0.2, 0.25) is 0 Å². The summed E-state index contributed by atoms with van der Waals surface area (Å²) in [5, 5.41) is 13.7. The first-order valence-electron chi connectivity index (χ1n) is 9.41. The van der Waals surface area contributed by atoms with Gasteiger partial charge in [-0.2, -0.15) is 0 Å². The van der Waals surface area contributed by atoms with Crippen LogP contribution in [0.1, 0.15) is 52.9 Å². The van der Waals surface area contributed by atoms with Gasteiger partial charge in [0.05, 0.1) is 0 Å². The van der Waals surface area contributed by atoms with Crippen molar-refractivity contribution in [2.45, 2.75) is 63.7 Å². The molecule has 0 radical (unpaired) electrons. The maximum Gasteiger partial charge on any atom is 0.264 e. The van der Waals surface area contributed by atoms with Gasteiger partial charge >= 0.3 is 0 Å². The van der Waals surface area contributed by atoms with E-state index in [4.69, 9.17) is 4.43 Å². The second kappa shape index (κ2) is 7.06. The van der Waals surface area contributed by atoms with Crippen LogP contribution in [0.25, 0.3) is 0 Å². The van der Waals surface area contributed by atoms with Gasteiger partial charge in [-0.15, -0.1) is 0 Å². The summed E-state index contributed by atoms with van der Waals surface area (Å²) >= 11 is 0. The summed E-state index contributed by atoms with van der Waals surface area (Å²) in [5.74, 6) is -1.01. The molecule has 3 heteroatoms. The first kappa shape index (κ1) is 18.4. The van der Waals surface area contributed by atoms with Crippen molar-refractivity contribution in [3.05, 3.63) is 60.7 Å². The first-order valence-corrected chi connectivity index (χ1v) is 11.3. The van der Waals surface area contributed by atoms with Crippen LogP contribution >= 0.6 is 0 Å². The van der Waals surface area contributed by atoms with Crippen molar-refractivity contribution in [3.63, 3.8) is 0 Å². The summed E-state index contributed by atoms with van der Waals surface area (Å²) in [5.41, 5.74) is 0. The van der Waals surface area contributed by atoms with Gasteiger partial charge < -0.3 is 9.53 Å². The Morgan fingerprint density at radius 1 is 0.800 bits per heavy atom. The highest BCUT2D eigenvalue weighted by atomic mass is 28.4. The molecule has 1 saturated carbocycles. The number of aliphatic hydroxyl groups is 1. The van der Waals surface area contributed by atoms with Gasteiger partial charge in [0.1, 0.15) is 0 Å². The third-order valence-corrected chi connectivity index (χ3v) is 10.5. The van der Waals surface area contributed by atoms with Crippen LogP contribution in [-0.2, 0) is 4.43 Å². The molecule has 0 bridgehead atoms. The maximum atomic E-state index is 11.3. The summed E-state index contributed by atoms with van der Waals surface area (Å²) in [6.45, 7) is 6.77. The Hall–Kier alpha value is -1.42. The van der Waals surface area contributed by atoms with Crippen LogP contribution in [0.2, 0.25) is 5.04 Å². The normalized spacial score (nSPS) is 18.1. The summed E-state index contributed by atoms with van der Waals surface area (Å²) in [6.07, 6.45) is 4.73. The van der Waals surface area contributed by atoms with E-state index in [0.717, 1.165) is 25.7 Å². The highest BCUT2D eigenvalue weighted by Gasteiger charge is 2.54. The Kier molecular flexibility index (Phi) is 5.19. The summed E-state index contributed by atoms with van der Waals surface area (Å²) in [6, 6.07) is 21.1. The lowest BCUT2D eigenvalue weighted by Gasteiger charge is -2.48. The molecule has 3 rings (SSSR count). The van der Waals surface area contributed by atoms with Crippen LogP contribution in [-0.4, -0.2) is 19.2 Å². The molecule has 2 aromatic carbocycles. The van der Waals surface area contributed by atoms with Crippen molar-refractivity contribution in [1.82, 2.24) is 0 Å². The quantitative estimate of drug-likeness (QED) is 0.658. The van der Waals surface area contributed by atoms with E-state index in [-0.39, 0.29) is 5.04 Å². The number of rotatable bonds is 4. The average molecular weight is 355 g/mol. The molecule has 1 N–H and O–H groups in total. The number of hydrogen-bond acceptors (Lipinski definition) is 2. The Balaban J connectivity index is 2.18. The van der Waals surface area contributed by atoms with Crippen molar-refractivity contribution >= 4 is 18.7 Å². The average Bonchev–Trinajstić information content (AvgIpc) is 2.61. The van der Waals surface area contributed by atoms with E-state index in [1.807, 2.05) is 12.1 Å². The molecule has 0 spiro atoms.